The van der Waals surface area contributed by atoms with Crippen LogP contribution in [0.2, 0.25) is 0 Å². The molecule has 21 heavy (non-hydrogen) atoms. The summed E-state index contributed by atoms with van der Waals surface area (Å²) >= 11 is 0. The van der Waals surface area contributed by atoms with Crippen molar-refractivity contribution < 1.29 is 19.8 Å². The average Bonchev–Trinajstić information content (AvgIpc) is 2.41. The molecular formula is C17H24O4. The Bertz CT molecular complexity index is 487. The smallest absolute Gasteiger partial charge is 0.335 e. The third kappa shape index (κ3) is 4.88. The maximum absolute atomic E-state index is 11.2. The summed E-state index contributed by atoms with van der Waals surface area (Å²) in [6.07, 6.45) is 8.21. The Morgan fingerprint density at radius 3 is 2.67 bits per heavy atom. The van der Waals surface area contributed by atoms with E-state index in [4.69, 9.17) is 5.11 Å². The van der Waals surface area contributed by atoms with Gasteiger partial charge in [0, 0.05) is 6.42 Å². The molecule has 1 rings (SSSR count). The van der Waals surface area contributed by atoms with Crippen LogP contribution in [0.3, 0.4) is 0 Å². The molecule has 0 amide bonds. The summed E-state index contributed by atoms with van der Waals surface area (Å²) in [7, 11) is 0. The lowest BCUT2D eigenvalue weighted by molar-refractivity contribution is -0.138. The van der Waals surface area contributed by atoms with Crippen molar-refractivity contribution in [3.63, 3.8) is 0 Å². The predicted octanol–water partition coefficient (Wildman–Crippen LogP) is 3.80. The molecule has 0 aromatic rings. The maximum Gasteiger partial charge on any atom is 0.335 e. The van der Waals surface area contributed by atoms with E-state index in [1.807, 2.05) is 6.08 Å². The van der Waals surface area contributed by atoms with Gasteiger partial charge < -0.3 is 10.2 Å². The molecule has 0 spiro atoms. The second-order valence-corrected chi connectivity index (χ2v) is 6.11. The molecule has 4 heteroatoms. The van der Waals surface area contributed by atoms with Crippen LogP contribution >= 0.6 is 0 Å². The van der Waals surface area contributed by atoms with Crippen molar-refractivity contribution in [3.8, 4) is 0 Å². The third-order valence-electron chi connectivity index (χ3n) is 4.57. The summed E-state index contributed by atoms with van der Waals surface area (Å²) in [5.74, 6) is -1.43. The van der Waals surface area contributed by atoms with Crippen LogP contribution < -0.4 is 0 Å². The van der Waals surface area contributed by atoms with Crippen LogP contribution in [0.5, 0.6) is 0 Å². The topological polar surface area (TPSA) is 74.6 Å². The lowest BCUT2D eigenvalue weighted by Crippen LogP contribution is -2.26. The average molecular weight is 292 g/mol. The van der Waals surface area contributed by atoms with Gasteiger partial charge in [-0.15, -0.1) is 0 Å². The molecule has 0 bridgehead atoms. The van der Waals surface area contributed by atoms with Crippen molar-refractivity contribution in [1.82, 2.24) is 0 Å². The van der Waals surface area contributed by atoms with E-state index in [0.29, 0.717) is 24.3 Å². The SMILES string of the molecule is C=C1CC[C@@H](C)[C@](C)(CCC(=O)O)C/C=C\C=C1C(=O)O. The van der Waals surface area contributed by atoms with Gasteiger partial charge in [0.2, 0.25) is 0 Å². The van der Waals surface area contributed by atoms with Crippen molar-refractivity contribution in [3.05, 3.63) is 36.0 Å². The van der Waals surface area contributed by atoms with Crippen LogP contribution in [0.25, 0.3) is 0 Å². The van der Waals surface area contributed by atoms with Crippen molar-refractivity contribution in [2.24, 2.45) is 11.3 Å². The van der Waals surface area contributed by atoms with Gasteiger partial charge in [-0.25, -0.2) is 4.79 Å². The Morgan fingerprint density at radius 2 is 2.10 bits per heavy atom. The summed E-state index contributed by atoms with van der Waals surface area (Å²) in [5.41, 5.74) is 0.790. The third-order valence-corrected chi connectivity index (χ3v) is 4.57. The first-order chi connectivity index (χ1) is 9.76. The fourth-order valence-corrected chi connectivity index (χ4v) is 2.66. The van der Waals surface area contributed by atoms with Gasteiger partial charge in [-0.3, -0.25) is 4.79 Å². The van der Waals surface area contributed by atoms with Gasteiger partial charge in [-0.1, -0.05) is 32.6 Å². The molecule has 4 nitrogen and oxygen atoms in total. The molecule has 0 fully saturated rings. The highest BCUT2D eigenvalue weighted by Crippen LogP contribution is 2.40. The van der Waals surface area contributed by atoms with Gasteiger partial charge in [0.1, 0.15) is 0 Å². The van der Waals surface area contributed by atoms with Gasteiger partial charge in [0.15, 0.2) is 0 Å². The number of allylic oxidation sites excluding steroid dienone is 3. The highest BCUT2D eigenvalue weighted by atomic mass is 16.4. The zero-order valence-corrected chi connectivity index (χ0v) is 12.8. The van der Waals surface area contributed by atoms with E-state index >= 15 is 0 Å². The van der Waals surface area contributed by atoms with E-state index in [1.54, 1.807) is 12.2 Å². The van der Waals surface area contributed by atoms with Crippen LogP contribution in [0.4, 0.5) is 0 Å². The van der Waals surface area contributed by atoms with Gasteiger partial charge >= 0.3 is 11.9 Å². The van der Waals surface area contributed by atoms with Crippen molar-refractivity contribution in [2.75, 3.05) is 0 Å². The molecule has 0 aliphatic heterocycles. The molecule has 0 unspecified atom stereocenters. The first-order valence-corrected chi connectivity index (χ1v) is 7.26. The van der Waals surface area contributed by atoms with E-state index in [0.717, 1.165) is 12.8 Å². The summed E-state index contributed by atoms with van der Waals surface area (Å²) in [6, 6.07) is 0. The van der Waals surface area contributed by atoms with Crippen LogP contribution in [-0.4, -0.2) is 22.2 Å². The largest absolute Gasteiger partial charge is 0.481 e. The fourth-order valence-electron chi connectivity index (χ4n) is 2.66. The van der Waals surface area contributed by atoms with Crippen LogP contribution in [-0.2, 0) is 9.59 Å². The van der Waals surface area contributed by atoms with E-state index in [9.17, 15) is 14.7 Å². The molecule has 0 saturated heterocycles. The molecule has 1 aliphatic carbocycles. The molecule has 0 radical (unpaired) electrons. The quantitative estimate of drug-likeness (QED) is 0.826. The van der Waals surface area contributed by atoms with E-state index in [1.165, 1.54) is 0 Å². The summed E-state index contributed by atoms with van der Waals surface area (Å²) < 4.78 is 0. The van der Waals surface area contributed by atoms with E-state index in [2.05, 4.69) is 20.4 Å². The van der Waals surface area contributed by atoms with E-state index in [-0.39, 0.29) is 17.4 Å². The first kappa shape index (κ1) is 17.2. The highest BCUT2D eigenvalue weighted by Gasteiger charge is 2.31. The van der Waals surface area contributed by atoms with Crippen molar-refractivity contribution in [1.29, 1.82) is 0 Å². The summed E-state index contributed by atoms with van der Waals surface area (Å²) in [6.45, 7) is 8.08. The first-order valence-electron chi connectivity index (χ1n) is 7.26. The summed E-state index contributed by atoms with van der Waals surface area (Å²) in [5, 5.41) is 18.1. The lowest BCUT2D eigenvalue weighted by atomic mass is 9.69. The van der Waals surface area contributed by atoms with Gasteiger partial charge in [0.05, 0.1) is 5.57 Å². The van der Waals surface area contributed by atoms with Gasteiger partial charge in [0.25, 0.3) is 0 Å². The number of carboxylic acid groups (broad SMARTS) is 2. The molecule has 1 aliphatic rings. The number of carboxylic acids is 2. The zero-order valence-electron chi connectivity index (χ0n) is 12.8. The molecule has 2 atom stereocenters. The molecule has 2 N–H and O–H groups in total. The molecule has 0 aromatic heterocycles. The number of aliphatic carboxylic acids is 2. The minimum Gasteiger partial charge on any atom is -0.481 e. The molecule has 0 aromatic carbocycles. The Morgan fingerprint density at radius 1 is 1.43 bits per heavy atom. The Labute approximate surface area is 125 Å². The minimum absolute atomic E-state index is 0.0935. The predicted molar refractivity (Wildman–Crippen MR) is 82.0 cm³/mol. The number of hydrogen-bond donors (Lipinski definition) is 2. The minimum atomic E-state index is -0.952. The molecule has 116 valence electrons. The van der Waals surface area contributed by atoms with Crippen molar-refractivity contribution >= 4 is 11.9 Å². The fraction of sp³-hybridized carbons (Fsp3) is 0.529. The molecular weight excluding hydrogens is 268 g/mol. The molecule has 0 saturated carbocycles. The second-order valence-electron chi connectivity index (χ2n) is 6.11. The number of hydrogen-bond acceptors (Lipinski definition) is 2. The standard InChI is InChI=1S/C17H24O4/c1-12-7-8-13(2)17(3,11-9-15(18)19)10-5-4-6-14(12)16(20)21/h4-6,13H,1,7-11H2,2-3H3,(H,18,19)(H,20,21)/b5-4-,14-6?/t13-,17+/m1/s1. The van der Waals surface area contributed by atoms with Gasteiger partial charge in [-0.2, -0.15) is 0 Å². The van der Waals surface area contributed by atoms with Gasteiger partial charge in [-0.05, 0) is 48.7 Å². The van der Waals surface area contributed by atoms with Crippen LogP contribution in [0.1, 0.15) is 46.0 Å². The lowest BCUT2D eigenvalue weighted by Gasteiger charge is -2.35. The Hall–Kier alpha value is -1.84. The monoisotopic (exact) mass is 292 g/mol. The molecule has 0 heterocycles. The Balaban J connectivity index is 2.96. The Kier molecular flexibility index (Phi) is 5.94. The van der Waals surface area contributed by atoms with E-state index < -0.39 is 11.9 Å². The second kappa shape index (κ2) is 7.25. The maximum atomic E-state index is 11.2. The number of rotatable bonds is 4. The number of carbonyl (C=O) groups is 2. The van der Waals surface area contributed by atoms with Crippen LogP contribution in [0.15, 0.2) is 36.0 Å². The van der Waals surface area contributed by atoms with Crippen molar-refractivity contribution in [2.45, 2.75) is 46.0 Å². The van der Waals surface area contributed by atoms with Crippen LogP contribution in [0, 0.1) is 11.3 Å². The normalized spacial score (nSPS) is 28.6. The highest BCUT2D eigenvalue weighted by molar-refractivity contribution is 5.91. The summed E-state index contributed by atoms with van der Waals surface area (Å²) in [4.78, 5) is 22.0. The zero-order chi connectivity index (χ0) is 16.0.